The van der Waals surface area contributed by atoms with Crippen molar-refractivity contribution in [3.05, 3.63) is 94.2 Å². The number of carbonyl (C=O) groups excluding carboxylic acids is 1. The largest absolute Gasteiger partial charge is 0.467 e. The molecule has 2 aromatic carbocycles. The highest BCUT2D eigenvalue weighted by Crippen LogP contribution is 2.30. The lowest BCUT2D eigenvalue weighted by Gasteiger charge is -2.19. The molecule has 0 aliphatic carbocycles. The van der Waals surface area contributed by atoms with Crippen molar-refractivity contribution in [3.8, 4) is 11.3 Å². The lowest BCUT2D eigenvalue weighted by molar-refractivity contribution is 0.0983. The first-order chi connectivity index (χ1) is 13.6. The van der Waals surface area contributed by atoms with Crippen molar-refractivity contribution < 1.29 is 9.21 Å². The van der Waals surface area contributed by atoms with Crippen LogP contribution in [0.1, 0.15) is 21.7 Å². The number of aryl methyl sites for hydroxylation is 1. The molecule has 0 N–H and O–H groups in total. The maximum atomic E-state index is 13.2. The molecule has 0 saturated carbocycles. The van der Waals surface area contributed by atoms with E-state index in [2.05, 4.69) is 0 Å². The first kappa shape index (κ1) is 18.5. The summed E-state index contributed by atoms with van der Waals surface area (Å²) >= 11 is 7.50. The van der Waals surface area contributed by atoms with Gasteiger partial charge in [0.15, 0.2) is 5.13 Å². The number of benzene rings is 2. The maximum Gasteiger partial charge on any atom is 0.260 e. The summed E-state index contributed by atoms with van der Waals surface area (Å²) in [4.78, 5) is 19.5. The van der Waals surface area contributed by atoms with Crippen molar-refractivity contribution in [1.29, 1.82) is 0 Å². The van der Waals surface area contributed by atoms with E-state index in [1.54, 1.807) is 41.5 Å². The van der Waals surface area contributed by atoms with Crippen LogP contribution in [0, 0.1) is 6.92 Å². The molecule has 2 heterocycles. The molecule has 6 heteroatoms. The van der Waals surface area contributed by atoms with E-state index < -0.39 is 0 Å². The molecule has 0 aliphatic heterocycles. The number of anilines is 1. The van der Waals surface area contributed by atoms with E-state index in [1.165, 1.54) is 16.9 Å². The Balaban J connectivity index is 1.69. The molecule has 0 atom stereocenters. The molecule has 0 radical (unpaired) electrons. The van der Waals surface area contributed by atoms with Crippen LogP contribution in [0.3, 0.4) is 0 Å². The highest BCUT2D eigenvalue weighted by atomic mass is 35.5. The summed E-state index contributed by atoms with van der Waals surface area (Å²) < 4.78 is 5.46. The van der Waals surface area contributed by atoms with E-state index in [1.807, 2.05) is 42.6 Å². The first-order valence-electron chi connectivity index (χ1n) is 8.72. The molecule has 28 heavy (non-hydrogen) atoms. The smallest absolute Gasteiger partial charge is 0.260 e. The van der Waals surface area contributed by atoms with E-state index in [9.17, 15) is 4.79 Å². The van der Waals surface area contributed by atoms with Crippen LogP contribution in [0.2, 0.25) is 5.02 Å². The minimum absolute atomic E-state index is 0.177. The summed E-state index contributed by atoms with van der Waals surface area (Å²) in [6.45, 7) is 2.34. The third-order valence-corrected chi connectivity index (χ3v) is 5.38. The van der Waals surface area contributed by atoms with Gasteiger partial charge in [0.25, 0.3) is 5.91 Å². The molecule has 0 bridgehead atoms. The number of hydrogen-bond acceptors (Lipinski definition) is 4. The molecule has 1 amide bonds. The van der Waals surface area contributed by atoms with Gasteiger partial charge < -0.3 is 4.42 Å². The molecule has 0 spiro atoms. The normalized spacial score (nSPS) is 10.8. The van der Waals surface area contributed by atoms with Gasteiger partial charge in [-0.1, -0.05) is 47.5 Å². The highest BCUT2D eigenvalue weighted by Gasteiger charge is 2.22. The number of amides is 1. The van der Waals surface area contributed by atoms with Gasteiger partial charge in [0, 0.05) is 21.5 Å². The van der Waals surface area contributed by atoms with Crippen molar-refractivity contribution in [2.75, 3.05) is 4.90 Å². The Labute approximate surface area is 172 Å². The standard InChI is InChI=1S/C22H17ClN2O2S/c1-15-7-9-16(10-8-15)20-14-28-22(24-20)25(13-19-6-3-11-27-19)21(26)17-4-2-5-18(23)12-17/h2-12,14H,13H2,1H3. The molecule has 0 aliphatic rings. The number of hydrogen-bond donors (Lipinski definition) is 0. The monoisotopic (exact) mass is 408 g/mol. The molecule has 0 unspecified atom stereocenters. The minimum atomic E-state index is -0.177. The highest BCUT2D eigenvalue weighted by molar-refractivity contribution is 7.14. The van der Waals surface area contributed by atoms with E-state index in [0.717, 1.165) is 11.3 Å². The van der Waals surface area contributed by atoms with Gasteiger partial charge in [0.2, 0.25) is 0 Å². The van der Waals surface area contributed by atoms with E-state index in [0.29, 0.717) is 28.0 Å². The first-order valence-corrected chi connectivity index (χ1v) is 9.98. The van der Waals surface area contributed by atoms with Gasteiger partial charge in [-0.2, -0.15) is 0 Å². The average molecular weight is 409 g/mol. The van der Waals surface area contributed by atoms with Crippen LogP contribution in [0.4, 0.5) is 5.13 Å². The Morgan fingerprint density at radius 2 is 1.96 bits per heavy atom. The van der Waals surface area contributed by atoms with E-state index in [-0.39, 0.29) is 5.91 Å². The predicted molar refractivity (Wildman–Crippen MR) is 113 cm³/mol. The van der Waals surface area contributed by atoms with Crippen LogP contribution < -0.4 is 4.90 Å². The second kappa shape index (κ2) is 8.00. The van der Waals surface area contributed by atoms with E-state index >= 15 is 0 Å². The fraction of sp³-hybridized carbons (Fsp3) is 0.0909. The number of nitrogens with zero attached hydrogens (tertiary/aromatic N) is 2. The SMILES string of the molecule is Cc1ccc(-c2csc(N(Cc3ccco3)C(=O)c3cccc(Cl)c3)n2)cc1. The number of furan rings is 1. The molecule has 2 aromatic heterocycles. The number of thiazole rings is 1. The zero-order valence-electron chi connectivity index (χ0n) is 15.1. The number of aromatic nitrogens is 1. The van der Waals surface area contributed by atoms with Gasteiger partial charge in [0.1, 0.15) is 5.76 Å². The zero-order valence-corrected chi connectivity index (χ0v) is 16.7. The van der Waals surface area contributed by atoms with Crippen molar-refractivity contribution in [2.45, 2.75) is 13.5 Å². The number of halogens is 1. The molecular formula is C22H17ClN2O2S. The van der Waals surface area contributed by atoms with Crippen LogP contribution in [-0.4, -0.2) is 10.9 Å². The average Bonchev–Trinajstić information content (AvgIpc) is 3.38. The Kier molecular flexibility index (Phi) is 5.28. The Hall–Kier alpha value is -2.89. The second-order valence-corrected chi connectivity index (χ2v) is 7.64. The van der Waals surface area contributed by atoms with Crippen LogP contribution in [-0.2, 0) is 6.54 Å². The molecule has 0 saturated heterocycles. The third-order valence-electron chi connectivity index (χ3n) is 4.28. The van der Waals surface area contributed by atoms with Gasteiger partial charge in [-0.3, -0.25) is 9.69 Å². The van der Waals surface area contributed by atoms with Gasteiger partial charge in [0.05, 0.1) is 18.5 Å². The van der Waals surface area contributed by atoms with Crippen molar-refractivity contribution in [3.63, 3.8) is 0 Å². The summed E-state index contributed by atoms with van der Waals surface area (Å²) in [6.07, 6.45) is 1.59. The molecule has 0 fully saturated rings. The quantitative estimate of drug-likeness (QED) is 0.394. The number of carbonyl (C=O) groups is 1. The minimum Gasteiger partial charge on any atom is -0.467 e. The van der Waals surface area contributed by atoms with Crippen LogP contribution in [0.25, 0.3) is 11.3 Å². The van der Waals surface area contributed by atoms with Crippen molar-refractivity contribution in [1.82, 2.24) is 4.98 Å². The fourth-order valence-corrected chi connectivity index (χ4v) is 3.83. The van der Waals surface area contributed by atoms with Crippen LogP contribution >= 0.6 is 22.9 Å². The molecule has 140 valence electrons. The lowest BCUT2D eigenvalue weighted by Crippen LogP contribution is -2.30. The Morgan fingerprint density at radius 3 is 2.68 bits per heavy atom. The summed E-state index contributed by atoms with van der Waals surface area (Å²) in [5.74, 6) is 0.506. The topological polar surface area (TPSA) is 46.3 Å². The molecule has 4 nitrogen and oxygen atoms in total. The predicted octanol–water partition coefficient (Wildman–Crippen LogP) is 6.21. The molecule has 4 aromatic rings. The van der Waals surface area contributed by atoms with Crippen molar-refractivity contribution in [2.24, 2.45) is 0 Å². The second-order valence-electron chi connectivity index (χ2n) is 6.36. The van der Waals surface area contributed by atoms with Gasteiger partial charge in [-0.15, -0.1) is 11.3 Å². The summed E-state index contributed by atoms with van der Waals surface area (Å²) in [7, 11) is 0. The summed E-state index contributed by atoms with van der Waals surface area (Å²) in [5.41, 5.74) is 3.55. The Morgan fingerprint density at radius 1 is 1.14 bits per heavy atom. The number of rotatable bonds is 5. The van der Waals surface area contributed by atoms with Gasteiger partial charge in [-0.25, -0.2) is 4.98 Å². The summed E-state index contributed by atoms with van der Waals surface area (Å²) in [6, 6.07) is 18.7. The molecule has 4 rings (SSSR count). The van der Waals surface area contributed by atoms with Crippen molar-refractivity contribution >= 4 is 34.0 Å². The van der Waals surface area contributed by atoms with Crippen LogP contribution in [0.5, 0.6) is 0 Å². The molecular weight excluding hydrogens is 392 g/mol. The third kappa shape index (κ3) is 4.01. The van der Waals surface area contributed by atoms with E-state index in [4.69, 9.17) is 21.0 Å². The summed E-state index contributed by atoms with van der Waals surface area (Å²) in [5, 5.41) is 3.08. The van der Waals surface area contributed by atoms with Gasteiger partial charge >= 0.3 is 0 Å². The van der Waals surface area contributed by atoms with Crippen LogP contribution in [0.15, 0.2) is 76.7 Å². The van der Waals surface area contributed by atoms with Gasteiger partial charge in [-0.05, 0) is 37.3 Å². The zero-order chi connectivity index (χ0) is 19.5. The Bertz CT molecular complexity index is 1090. The maximum absolute atomic E-state index is 13.2. The lowest BCUT2D eigenvalue weighted by atomic mass is 10.1. The fourth-order valence-electron chi connectivity index (χ4n) is 2.81.